The summed E-state index contributed by atoms with van der Waals surface area (Å²) >= 11 is 6.24. The lowest BCUT2D eigenvalue weighted by atomic mass is 9.49. The van der Waals surface area contributed by atoms with Crippen molar-refractivity contribution in [3.05, 3.63) is 76.1 Å². The van der Waals surface area contributed by atoms with Crippen LogP contribution in [0.5, 0.6) is 11.5 Å². The Morgan fingerprint density at radius 3 is 2.26 bits per heavy atom. The molecule has 1 aliphatic carbocycles. The molecule has 2 aromatic carbocycles. The largest absolute Gasteiger partial charge is 0.494 e. The van der Waals surface area contributed by atoms with Crippen LogP contribution in [0.15, 0.2) is 48.8 Å². The molecule has 7 rings (SSSR count). The van der Waals surface area contributed by atoms with Crippen LogP contribution >= 0.6 is 11.6 Å². The summed E-state index contributed by atoms with van der Waals surface area (Å²) in [5.41, 5.74) is 0.310. The van der Waals surface area contributed by atoms with E-state index in [0.29, 0.717) is 59.7 Å². The summed E-state index contributed by atoms with van der Waals surface area (Å²) < 4.78 is 12.3. The Labute approximate surface area is 342 Å². The lowest BCUT2D eigenvalue weighted by Gasteiger charge is -2.63. The van der Waals surface area contributed by atoms with Crippen molar-refractivity contribution in [2.45, 2.75) is 91.1 Å². The second-order valence-electron chi connectivity index (χ2n) is 16.8. The van der Waals surface area contributed by atoms with Crippen molar-refractivity contribution in [1.82, 2.24) is 30.4 Å². The molecule has 5 amide bonds. The molecule has 16 heteroatoms. The van der Waals surface area contributed by atoms with Crippen molar-refractivity contribution < 1.29 is 33.4 Å². The molecule has 3 atom stereocenters. The van der Waals surface area contributed by atoms with E-state index in [1.54, 1.807) is 42.7 Å². The number of rotatable bonds is 11. The van der Waals surface area contributed by atoms with E-state index in [1.165, 1.54) is 6.07 Å². The van der Waals surface area contributed by atoms with Gasteiger partial charge in [-0.05, 0) is 57.0 Å². The van der Waals surface area contributed by atoms with Gasteiger partial charge in [-0.1, -0.05) is 39.3 Å². The van der Waals surface area contributed by atoms with Crippen LogP contribution in [-0.4, -0.2) is 106 Å². The monoisotopic (exact) mass is 810 g/mol. The van der Waals surface area contributed by atoms with Crippen LogP contribution in [0.4, 0.5) is 5.95 Å². The van der Waals surface area contributed by atoms with Crippen LogP contribution in [0.25, 0.3) is 0 Å². The molecule has 2 N–H and O–H groups in total. The Morgan fingerprint density at radius 2 is 1.62 bits per heavy atom. The Bertz CT molecular complexity index is 2180. The van der Waals surface area contributed by atoms with E-state index in [-0.39, 0.29) is 54.1 Å². The lowest BCUT2D eigenvalue weighted by Crippen LogP contribution is -2.74. The van der Waals surface area contributed by atoms with E-state index in [9.17, 15) is 29.2 Å². The van der Waals surface area contributed by atoms with Gasteiger partial charge < -0.3 is 19.7 Å². The van der Waals surface area contributed by atoms with Crippen LogP contribution in [0, 0.1) is 22.2 Å². The number of hydrogen-bond donors (Lipinski definition) is 2. The minimum absolute atomic E-state index is 0.0593. The molecule has 0 bridgehead atoms. The van der Waals surface area contributed by atoms with Crippen molar-refractivity contribution in [2.75, 3.05) is 31.1 Å². The summed E-state index contributed by atoms with van der Waals surface area (Å²) in [4.78, 5) is 78.2. The second kappa shape index (κ2) is 15.6. The summed E-state index contributed by atoms with van der Waals surface area (Å²) in [6.45, 7) is 15.0. The van der Waals surface area contributed by atoms with Gasteiger partial charge in [-0.15, -0.1) is 0 Å². The van der Waals surface area contributed by atoms with Crippen molar-refractivity contribution in [2.24, 2.45) is 10.8 Å². The highest BCUT2D eigenvalue weighted by molar-refractivity contribution is 6.31. The van der Waals surface area contributed by atoms with E-state index in [4.69, 9.17) is 21.1 Å². The van der Waals surface area contributed by atoms with Gasteiger partial charge in [0.25, 0.3) is 17.7 Å². The SMILES string of the molecule is C[C@@H]1CN(c2ncc(C(=O)NC3C(C)(C)C(Oc4ccc(C#N)c(Cl)c4)C3(C)C)cn2)C[C@@H](C)N1CCCOc1ccc2c(c1)C(=O)N(C1CCC(=O)NC1=O)C2=O. The number of imide groups is 2. The highest BCUT2D eigenvalue weighted by Crippen LogP contribution is 2.55. The number of carbonyl (C=O) groups is 5. The number of piperidine rings is 1. The van der Waals surface area contributed by atoms with Gasteiger partial charge in [-0.25, -0.2) is 9.97 Å². The molecule has 1 aromatic heterocycles. The smallest absolute Gasteiger partial charge is 0.262 e. The standard InChI is InChI=1S/C42H47ClN8O7/c1-23-21-49(40-45-19-26(20-46-40)34(53)48-38-41(3,4)39(42(38,5)6)58-28-9-8-25(18-44)31(43)17-28)22-24(2)50(23)14-7-15-57-27-10-11-29-30(16-27)37(56)51(36(29)55)32-12-13-33(52)47-35(32)54/h8-11,16-17,19-20,23-24,32,38-39H,7,12-15,21-22H2,1-6H3,(H,48,53)(H,47,52,54)/t23-,24-,32?,38?,39?/m1/s1. The number of nitriles is 1. The Morgan fingerprint density at radius 1 is 0.966 bits per heavy atom. The molecule has 3 fully saturated rings. The summed E-state index contributed by atoms with van der Waals surface area (Å²) in [7, 11) is 0. The summed E-state index contributed by atoms with van der Waals surface area (Å²) in [6, 6.07) is 10.9. The predicted octanol–water partition coefficient (Wildman–Crippen LogP) is 4.38. The van der Waals surface area contributed by atoms with Gasteiger partial charge in [0.1, 0.15) is 29.7 Å². The second-order valence-corrected chi connectivity index (χ2v) is 17.2. The molecule has 1 saturated carbocycles. The number of nitrogens with zero attached hydrogens (tertiary/aromatic N) is 6. The van der Waals surface area contributed by atoms with Gasteiger partial charge in [-0.2, -0.15) is 5.26 Å². The number of benzene rings is 2. The molecular formula is C42H47ClN8O7. The molecule has 304 valence electrons. The minimum Gasteiger partial charge on any atom is -0.494 e. The molecule has 2 saturated heterocycles. The van der Waals surface area contributed by atoms with E-state index in [0.717, 1.165) is 11.4 Å². The quantitative estimate of drug-likeness (QED) is 0.206. The number of anilines is 1. The van der Waals surface area contributed by atoms with E-state index >= 15 is 0 Å². The van der Waals surface area contributed by atoms with Crippen LogP contribution in [0.2, 0.25) is 5.02 Å². The Balaban J connectivity index is 0.883. The molecular weight excluding hydrogens is 764 g/mol. The molecule has 4 heterocycles. The lowest BCUT2D eigenvalue weighted by molar-refractivity contribution is -0.164. The number of carbonyl (C=O) groups excluding carboxylic acids is 5. The third-order valence-corrected chi connectivity index (χ3v) is 12.3. The van der Waals surface area contributed by atoms with Gasteiger partial charge in [0.15, 0.2) is 0 Å². The normalized spacial score (nSPS) is 25.0. The highest BCUT2D eigenvalue weighted by atomic mass is 35.5. The van der Waals surface area contributed by atoms with Crippen molar-refractivity contribution in [3.63, 3.8) is 0 Å². The maximum atomic E-state index is 13.5. The number of ether oxygens (including phenoxy) is 2. The number of aromatic nitrogens is 2. The van der Waals surface area contributed by atoms with Crippen LogP contribution in [0.3, 0.4) is 0 Å². The molecule has 3 aromatic rings. The first-order valence-corrected chi connectivity index (χ1v) is 19.9. The van der Waals surface area contributed by atoms with Gasteiger partial charge >= 0.3 is 0 Å². The maximum Gasteiger partial charge on any atom is 0.262 e. The third kappa shape index (κ3) is 7.46. The van der Waals surface area contributed by atoms with Crippen LogP contribution in [0.1, 0.15) is 97.4 Å². The van der Waals surface area contributed by atoms with Crippen molar-refractivity contribution in [3.8, 4) is 17.6 Å². The molecule has 0 radical (unpaired) electrons. The molecule has 58 heavy (non-hydrogen) atoms. The fourth-order valence-corrected chi connectivity index (χ4v) is 9.56. The zero-order valence-corrected chi connectivity index (χ0v) is 34.1. The van der Waals surface area contributed by atoms with Gasteiger partial charge in [0.05, 0.1) is 33.9 Å². The topological polar surface area (TPSA) is 187 Å². The molecule has 1 unspecified atom stereocenters. The summed E-state index contributed by atoms with van der Waals surface area (Å²) in [6.07, 6.45) is 3.78. The number of hydrogen-bond acceptors (Lipinski definition) is 12. The Kier molecular flexibility index (Phi) is 10.9. The summed E-state index contributed by atoms with van der Waals surface area (Å²) in [5.74, 6) is -0.884. The zero-order chi connectivity index (χ0) is 41.7. The van der Waals surface area contributed by atoms with Crippen LogP contribution in [-0.2, 0) is 9.59 Å². The van der Waals surface area contributed by atoms with Gasteiger partial charge in [-0.3, -0.25) is 39.1 Å². The van der Waals surface area contributed by atoms with E-state index < -0.39 is 40.5 Å². The number of nitrogens with one attached hydrogen (secondary N) is 2. The first-order chi connectivity index (χ1) is 27.5. The summed E-state index contributed by atoms with van der Waals surface area (Å²) in [5, 5.41) is 14.9. The molecule has 4 aliphatic rings. The van der Waals surface area contributed by atoms with Crippen LogP contribution < -0.4 is 25.0 Å². The first-order valence-electron chi connectivity index (χ1n) is 19.5. The number of piperazine rings is 1. The third-order valence-electron chi connectivity index (χ3n) is 12.0. The Hall–Kier alpha value is -5.59. The highest BCUT2D eigenvalue weighted by Gasteiger charge is 2.64. The molecule has 3 aliphatic heterocycles. The zero-order valence-electron chi connectivity index (χ0n) is 33.4. The van der Waals surface area contributed by atoms with E-state index in [2.05, 4.69) is 78.0 Å². The van der Waals surface area contributed by atoms with Crippen molar-refractivity contribution in [1.29, 1.82) is 5.26 Å². The fraction of sp³-hybridized carbons (Fsp3) is 0.476. The number of fused-ring (bicyclic) bond motifs is 1. The minimum atomic E-state index is -1.02. The van der Waals surface area contributed by atoms with Gasteiger partial charge in [0.2, 0.25) is 17.8 Å². The molecule has 0 spiro atoms. The average Bonchev–Trinajstić information content (AvgIpc) is 3.42. The number of amides is 5. The fourth-order valence-electron chi connectivity index (χ4n) is 9.35. The van der Waals surface area contributed by atoms with E-state index in [1.807, 2.05) is 0 Å². The van der Waals surface area contributed by atoms with Gasteiger partial charge in [0, 0.05) is 73.5 Å². The maximum absolute atomic E-state index is 13.5. The average molecular weight is 811 g/mol. The number of halogens is 1. The molecule has 15 nitrogen and oxygen atoms in total. The first kappa shape index (κ1) is 40.6. The predicted molar refractivity (Wildman–Crippen MR) is 212 cm³/mol. The van der Waals surface area contributed by atoms with Crippen molar-refractivity contribution >= 4 is 47.1 Å².